The molecule has 7 heteroatoms. The SMILES string of the molecule is CCN(CC)CCN(C(=O)c1ccc(Cl)cc1)c1nc2c(OC)cccc2s1. The summed E-state index contributed by atoms with van der Waals surface area (Å²) in [6.45, 7) is 7.46. The Hall–Kier alpha value is -2.15. The van der Waals surface area contributed by atoms with Crippen LogP contribution >= 0.6 is 22.9 Å². The number of hydrogen-bond donors (Lipinski definition) is 0. The number of carbonyl (C=O) groups is 1. The minimum Gasteiger partial charge on any atom is -0.494 e. The molecule has 0 atom stereocenters. The largest absolute Gasteiger partial charge is 0.494 e. The first-order chi connectivity index (χ1) is 13.6. The van der Waals surface area contributed by atoms with Gasteiger partial charge in [0.25, 0.3) is 5.91 Å². The number of thiazole rings is 1. The monoisotopic (exact) mass is 417 g/mol. The Balaban J connectivity index is 1.97. The topological polar surface area (TPSA) is 45.7 Å². The van der Waals surface area contributed by atoms with E-state index in [1.54, 1.807) is 36.3 Å². The van der Waals surface area contributed by atoms with E-state index in [1.165, 1.54) is 11.3 Å². The van der Waals surface area contributed by atoms with Crippen molar-refractivity contribution >= 4 is 44.2 Å². The van der Waals surface area contributed by atoms with Crippen LogP contribution in [0, 0.1) is 0 Å². The van der Waals surface area contributed by atoms with Crippen LogP contribution in [0.15, 0.2) is 42.5 Å². The summed E-state index contributed by atoms with van der Waals surface area (Å²) in [7, 11) is 1.63. The molecule has 0 spiro atoms. The van der Waals surface area contributed by atoms with Crippen LogP contribution < -0.4 is 9.64 Å². The molecule has 0 unspecified atom stereocenters. The lowest BCUT2D eigenvalue weighted by molar-refractivity contribution is 0.0984. The molecule has 0 radical (unpaired) electrons. The molecule has 2 aromatic carbocycles. The zero-order valence-electron chi connectivity index (χ0n) is 16.3. The number of aromatic nitrogens is 1. The lowest BCUT2D eigenvalue weighted by Crippen LogP contribution is -2.38. The highest BCUT2D eigenvalue weighted by Crippen LogP contribution is 2.34. The first kappa shape index (κ1) is 20.6. The maximum Gasteiger partial charge on any atom is 0.260 e. The van der Waals surface area contributed by atoms with Crippen LogP contribution in [0.1, 0.15) is 24.2 Å². The smallest absolute Gasteiger partial charge is 0.260 e. The molecule has 0 aliphatic heterocycles. The second kappa shape index (κ2) is 9.37. The molecule has 1 aromatic heterocycles. The second-order valence-corrected chi connectivity index (χ2v) is 7.74. The van der Waals surface area contributed by atoms with Crippen LogP contribution in [-0.4, -0.2) is 49.1 Å². The number of hydrogen-bond acceptors (Lipinski definition) is 5. The summed E-state index contributed by atoms with van der Waals surface area (Å²) in [6.07, 6.45) is 0. The Morgan fingerprint density at radius 2 is 1.82 bits per heavy atom. The number of nitrogens with zero attached hydrogens (tertiary/aromatic N) is 3. The van der Waals surface area contributed by atoms with E-state index in [1.807, 2.05) is 18.2 Å². The predicted octanol–water partition coefficient (Wildman–Crippen LogP) is 4.95. The molecule has 0 bridgehead atoms. The van der Waals surface area contributed by atoms with Gasteiger partial charge >= 0.3 is 0 Å². The zero-order valence-corrected chi connectivity index (χ0v) is 17.9. The van der Waals surface area contributed by atoms with Gasteiger partial charge in [-0.1, -0.05) is 42.9 Å². The maximum absolute atomic E-state index is 13.3. The summed E-state index contributed by atoms with van der Waals surface area (Å²) in [5.41, 5.74) is 1.37. The molecule has 0 aliphatic rings. The third-order valence-electron chi connectivity index (χ3n) is 4.69. The van der Waals surface area contributed by atoms with Crippen LogP contribution in [0.2, 0.25) is 5.02 Å². The number of benzene rings is 2. The molecular weight excluding hydrogens is 394 g/mol. The average molecular weight is 418 g/mol. The molecule has 5 nitrogen and oxygen atoms in total. The molecule has 0 N–H and O–H groups in total. The fourth-order valence-corrected chi connectivity index (χ4v) is 4.14. The van der Waals surface area contributed by atoms with E-state index in [4.69, 9.17) is 21.3 Å². The van der Waals surface area contributed by atoms with Crippen molar-refractivity contribution in [2.45, 2.75) is 13.8 Å². The van der Waals surface area contributed by atoms with Gasteiger partial charge in [-0.15, -0.1) is 0 Å². The van der Waals surface area contributed by atoms with E-state index in [9.17, 15) is 4.79 Å². The Bertz CT molecular complexity index is 938. The Labute approximate surface area is 174 Å². The van der Waals surface area contributed by atoms with Gasteiger partial charge in [0.2, 0.25) is 0 Å². The number of methoxy groups -OCH3 is 1. The predicted molar refractivity (Wildman–Crippen MR) is 117 cm³/mol. The number of anilines is 1. The van der Waals surface area contributed by atoms with Gasteiger partial charge < -0.3 is 9.64 Å². The fourth-order valence-electron chi connectivity index (χ4n) is 3.01. The Morgan fingerprint density at radius 1 is 1.11 bits per heavy atom. The minimum atomic E-state index is -0.0816. The summed E-state index contributed by atoms with van der Waals surface area (Å²) in [5, 5.41) is 1.28. The van der Waals surface area contributed by atoms with Gasteiger partial charge in [-0.25, -0.2) is 4.98 Å². The number of likely N-dealkylation sites (N-methyl/N-ethyl adjacent to an activating group) is 1. The molecule has 1 heterocycles. The van der Waals surface area contributed by atoms with Crippen molar-refractivity contribution in [2.24, 2.45) is 0 Å². The minimum absolute atomic E-state index is 0.0816. The van der Waals surface area contributed by atoms with Crippen molar-refractivity contribution in [1.29, 1.82) is 0 Å². The van der Waals surface area contributed by atoms with Crippen molar-refractivity contribution < 1.29 is 9.53 Å². The maximum atomic E-state index is 13.3. The number of ether oxygens (including phenoxy) is 1. The van der Waals surface area contributed by atoms with Crippen molar-refractivity contribution in [2.75, 3.05) is 38.2 Å². The first-order valence-electron chi connectivity index (χ1n) is 9.30. The molecule has 0 saturated heterocycles. The second-order valence-electron chi connectivity index (χ2n) is 6.29. The molecular formula is C21H24ClN3O2S. The zero-order chi connectivity index (χ0) is 20.1. The lowest BCUT2D eigenvalue weighted by atomic mass is 10.2. The molecule has 3 aromatic rings. The number of para-hydroxylation sites is 1. The Morgan fingerprint density at radius 3 is 2.46 bits per heavy atom. The molecule has 0 aliphatic carbocycles. The molecule has 0 fully saturated rings. The summed E-state index contributed by atoms with van der Waals surface area (Å²) in [5.74, 6) is 0.629. The summed E-state index contributed by atoms with van der Waals surface area (Å²) < 4.78 is 6.42. The summed E-state index contributed by atoms with van der Waals surface area (Å²) in [6, 6.07) is 12.8. The van der Waals surface area contributed by atoms with E-state index in [0.717, 1.165) is 29.9 Å². The van der Waals surface area contributed by atoms with E-state index < -0.39 is 0 Å². The van der Waals surface area contributed by atoms with Gasteiger partial charge in [-0.05, 0) is 49.5 Å². The van der Waals surface area contributed by atoms with Crippen molar-refractivity contribution in [3.05, 3.63) is 53.1 Å². The van der Waals surface area contributed by atoms with E-state index in [-0.39, 0.29) is 5.91 Å². The molecule has 3 rings (SSSR count). The Kier molecular flexibility index (Phi) is 6.88. The third-order valence-corrected chi connectivity index (χ3v) is 5.99. The summed E-state index contributed by atoms with van der Waals surface area (Å²) in [4.78, 5) is 22.1. The van der Waals surface area contributed by atoms with Crippen molar-refractivity contribution in [3.8, 4) is 5.75 Å². The van der Waals surface area contributed by atoms with Crippen molar-refractivity contribution in [3.63, 3.8) is 0 Å². The molecule has 0 saturated carbocycles. The van der Waals surface area contributed by atoms with Gasteiger partial charge in [0.15, 0.2) is 5.13 Å². The third kappa shape index (κ3) is 4.46. The van der Waals surface area contributed by atoms with Gasteiger partial charge in [-0.2, -0.15) is 0 Å². The van der Waals surface area contributed by atoms with Crippen LogP contribution in [-0.2, 0) is 0 Å². The average Bonchev–Trinajstić information content (AvgIpc) is 3.15. The number of halogens is 1. The van der Waals surface area contributed by atoms with Crippen LogP contribution in [0.25, 0.3) is 10.2 Å². The van der Waals surface area contributed by atoms with Gasteiger partial charge in [0.1, 0.15) is 11.3 Å². The van der Waals surface area contributed by atoms with Crippen LogP contribution in [0.3, 0.4) is 0 Å². The van der Waals surface area contributed by atoms with Crippen LogP contribution in [0.5, 0.6) is 5.75 Å². The quantitative estimate of drug-likeness (QED) is 0.520. The van der Waals surface area contributed by atoms with E-state index in [0.29, 0.717) is 28.0 Å². The molecule has 148 valence electrons. The highest BCUT2D eigenvalue weighted by Gasteiger charge is 2.22. The highest BCUT2D eigenvalue weighted by molar-refractivity contribution is 7.22. The van der Waals surface area contributed by atoms with E-state index in [2.05, 4.69) is 18.7 Å². The van der Waals surface area contributed by atoms with Crippen molar-refractivity contribution in [1.82, 2.24) is 9.88 Å². The lowest BCUT2D eigenvalue weighted by Gasteiger charge is -2.24. The fraction of sp³-hybridized carbons (Fsp3) is 0.333. The first-order valence-corrected chi connectivity index (χ1v) is 10.5. The summed E-state index contributed by atoms with van der Waals surface area (Å²) >= 11 is 7.48. The van der Waals surface area contributed by atoms with Gasteiger partial charge in [0, 0.05) is 23.7 Å². The number of fused-ring (bicyclic) bond motifs is 1. The van der Waals surface area contributed by atoms with Gasteiger partial charge in [-0.3, -0.25) is 9.69 Å². The normalized spacial score (nSPS) is 11.2. The highest BCUT2D eigenvalue weighted by atomic mass is 35.5. The number of amides is 1. The van der Waals surface area contributed by atoms with Crippen LogP contribution in [0.4, 0.5) is 5.13 Å². The standard InChI is InChI=1S/C21H24ClN3O2S/c1-4-24(5-2)13-14-25(20(26)15-9-11-16(22)12-10-15)21-23-19-17(27-3)7-6-8-18(19)28-21/h6-12H,4-5,13-14H2,1-3H3. The molecule has 1 amide bonds. The number of carbonyl (C=O) groups excluding carboxylic acids is 1. The molecule has 28 heavy (non-hydrogen) atoms. The van der Waals surface area contributed by atoms with Gasteiger partial charge in [0.05, 0.1) is 11.8 Å². The number of rotatable bonds is 8. The van der Waals surface area contributed by atoms with E-state index >= 15 is 0 Å².